The zero-order chi connectivity index (χ0) is 12.4. The van der Waals surface area contributed by atoms with Gasteiger partial charge in [-0.05, 0) is 24.6 Å². The number of benzene rings is 1. The Labute approximate surface area is 112 Å². The van der Waals surface area contributed by atoms with Crippen molar-refractivity contribution < 1.29 is 0 Å². The number of nitrogens with zero attached hydrogens (tertiary/aromatic N) is 2. The van der Waals surface area contributed by atoms with Gasteiger partial charge in [0.2, 0.25) is 0 Å². The minimum Gasteiger partial charge on any atom is -0.290 e. The molecule has 17 heavy (non-hydrogen) atoms. The van der Waals surface area contributed by atoms with Crippen LogP contribution >= 0.6 is 27.7 Å². The highest BCUT2D eigenvalue weighted by molar-refractivity contribution is 9.10. The van der Waals surface area contributed by atoms with E-state index in [0.717, 1.165) is 27.3 Å². The summed E-state index contributed by atoms with van der Waals surface area (Å²) in [4.78, 5) is 16.7. The van der Waals surface area contributed by atoms with Crippen LogP contribution in [0.15, 0.2) is 32.6 Å². The molecule has 0 atom stereocenters. The molecule has 2 rings (SSSR count). The van der Waals surface area contributed by atoms with E-state index >= 15 is 0 Å². The number of halogens is 1. The second kappa shape index (κ2) is 5.23. The second-order valence-corrected chi connectivity index (χ2v) is 5.75. The van der Waals surface area contributed by atoms with Gasteiger partial charge in [0.15, 0.2) is 5.16 Å². The molecule has 0 amide bonds. The molecule has 0 aliphatic heterocycles. The van der Waals surface area contributed by atoms with Gasteiger partial charge in [-0.3, -0.25) is 9.36 Å². The Morgan fingerprint density at radius 3 is 2.94 bits per heavy atom. The summed E-state index contributed by atoms with van der Waals surface area (Å²) >= 11 is 4.99. The van der Waals surface area contributed by atoms with Crippen LogP contribution in [0.3, 0.4) is 0 Å². The van der Waals surface area contributed by atoms with Crippen molar-refractivity contribution in [2.24, 2.45) is 7.05 Å². The van der Waals surface area contributed by atoms with Crippen LogP contribution in [0.1, 0.15) is 13.3 Å². The van der Waals surface area contributed by atoms with Crippen LogP contribution in [0.4, 0.5) is 0 Å². The third-order valence-corrected chi connectivity index (χ3v) is 4.16. The standard InChI is InChI=1S/C12H13BrN2OS/c1-3-6-17-12-14-10-5-4-8(13)7-9(10)11(16)15(12)2/h4-5,7H,3,6H2,1-2H3. The second-order valence-electron chi connectivity index (χ2n) is 3.77. The van der Waals surface area contributed by atoms with Crippen molar-refractivity contribution in [3.8, 4) is 0 Å². The predicted molar refractivity (Wildman–Crippen MR) is 75.7 cm³/mol. The minimum atomic E-state index is 0.00917. The largest absolute Gasteiger partial charge is 0.290 e. The number of thioether (sulfide) groups is 1. The van der Waals surface area contributed by atoms with Gasteiger partial charge >= 0.3 is 0 Å². The van der Waals surface area contributed by atoms with Gasteiger partial charge < -0.3 is 0 Å². The van der Waals surface area contributed by atoms with Crippen molar-refractivity contribution >= 4 is 38.6 Å². The SMILES string of the molecule is CCCSc1nc2ccc(Br)cc2c(=O)n1C. The summed E-state index contributed by atoms with van der Waals surface area (Å²) in [7, 11) is 1.77. The van der Waals surface area contributed by atoms with E-state index in [-0.39, 0.29) is 5.56 Å². The summed E-state index contributed by atoms with van der Waals surface area (Å²) in [5.74, 6) is 0.975. The first kappa shape index (κ1) is 12.6. The van der Waals surface area contributed by atoms with E-state index in [9.17, 15) is 4.79 Å². The zero-order valence-corrected chi connectivity index (χ0v) is 12.1. The van der Waals surface area contributed by atoms with Crippen molar-refractivity contribution in [3.05, 3.63) is 33.0 Å². The Balaban J connectivity index is 2.62. The average Bonchev–Trinajstić information content (AvgIpc) is 2.33. The number of rotatable bonds is 3. The van der Waals surface area contributed by atoms with Crippen LogP contribution in [-0.4, -0.2) is 15.3 Å². The molecule has 0 aliphatic rings. The molecule has 0 N–H and O–H groups in total. The number of hydrogen-bond acceptors (Lipinski definition) is 3. The van der Waals surface area contributed by atoms with Gasteiger partial charge in [-0.2, -0.15) is 0 Å². The maximum Gasteiger partial charge on any atom is 0.261 e. The van der Waals surface area contributed by atoms with Gasteiger partial charge in [-0.25, -0.2) is 4.98 Å². The molecule has 0 saturated carbocycles. The number of aromatic nitrogens is 2. The average molecular weight is 313 g/mol. The summed E-state index contributed by atoms with van der Waals surface area (Å²) in [6.45, 7) is 2.11. The van der Waals surface area contributed by atoms with Crippen molar-refractivity contribution in [1.82, 2.24) is 9.55 Å². The zero-order valence-electron chi connectivity index (χ0n) is 9.74. The fourth-order valence-electron chi connectivity index (χ4n) is 1.55. The van der Waals surface area contributed by atoms with Gasteiger partial charge in [-0.15, -0.1) is 0 Å². The molecule has 0 unspecified atom stereocenters. The molecule has 0 radical (unpaired) electrons. The van der Waals surface area contributed by atoms with Gasteiger partial charge in [0, 0.05) is 17.3 Å². The molecular formula is C12H13BrN2OS. The molecule has 0 fully saturated rings. The first-order chi connectivity index (χ1) is 8.13. The van der Waals surface area contributed by atoms with Crippen LogP contribution in [-0.2, 0) is 7.05 Å². The summed E-state index contributed by atoms with van der Waals surface area (Å²) in [5.41, 5.74) is 0.768. The van der Waals surface area contributed by atoms with E-state index < -0.39 is 0 Å². The maximum absolute atomic E-state index is 12.2. The lowest BCUT2D eigenvalue weighted by molar-refractivity contribution is 0.725. The van der Waals surface area contributed by atoms with Crippen LogP contribution in [0.5, 0.6) is 0 Å². The van der Waals surface area contributed by atoms with Crippen LogP contribution < -0.4 is 5.56 Å². The smallest absolute Gasteiger partial charge is 0.261 e. The van der Waals surface area contributed by atoms with E-state index in [4.69, 9.17) is 0 Å². The molecule has 1 aromatic carbocycles. The van der Waals surface area contributed by atoms with Gasteiger partial charge in [0.1, 0.15) is 0 Å². The van der Waals surface area contributed by atoms with Crippen molar-refractivity contribution in [3.63, 3.8) is 0 Å². The Kier molecular flexibility index (Phi) is 3.89. The fourth-order valence-corrected chi connectivity index (χ4v) is 2.73. The third kappa shape index (κ3) is 2.55. The Morgan fingerprint density at radius 1 is 1.47 bits per heavy atom. The molecule has 90 valence electrons. The van der Waals surface area contributed by atoms with E-state index in [0.29, 0.717) is 5.39 Å². The summed E-state index contributed by atoms with van der Waals surface area (Å²) in [6, 6.07) is 5.60. The Hall–Kier alpha value is -0.810. The number of fused-ring (bicyclic) bond motifs is 1. The van der Waals surface area contributed by atoms with Gasteiger partial charge in [0.25, 0.3) is 5.56 Å². The monoisotopic (exact) mass is 312 g/mol. The predicted octanol–water partition coefficient (Wildman–Crippen LogP) is 3.20. The summed E-state index contributed by atoms with van der Waals surface area (Å²) < 4.78 is 2.52. The molecule has 0 bridgehead atoms. The first-order valence-electron chi connectivity index (χ1n) is 5.42. The quantitative estimate of drug-likeness (QED) is 0.645. The number of hydrogen-bond donors (Lipinski definition) is 0. The molecule has 2 aromatic rings. The molecule has 0 saturated heterocycles. The molecule has 5 heteroatoms. The highest BCUT2D eigenvalue weighted by atomic mass is 79.9. The molecule has 0 spiro atoms. The highest BCUT2D eigenvalue weighted by Crippen LogP contribution is 2.20. The summed E-state index contributed by atoms with van der Waals surface area (Å²) in [6.07, 6.45) is 1.07. The maximum atomic E-state index is 12.2. The first-order valence-corrected chi connectivity index (χ1v) is 7.20. The topological polar surface area (TPSA) is 34.9 Å². The minimum absolute atomic E-state index is 0.00917. The van der Waals surface area contributed by atoms with Crippen molar-refractivity contribution in [2.45, 2.75) is 18.5 Å². The lowest BCUT2D eigenvalue weighted by atomic mass is 10.2. The van der Waals surface area contributed by atoms with Crippen LogP contribution in [0.25, 0.3) is 10.9 Å². The molecule has 3 nitrogen and oxygen atoms in total. The van der Waals surface area contributed by atoms with Crippen LogP contribution in [0, 0.1) is 0 Å². The van der Waals surface area contributed by atoms with Gasteiger partial charge in [-0.1, -0.05) is 34.6 Å². The van der Waals surface area contributed by atoms with Crippen LogP contribution in [0.2, 0.25) is 0 Å². The molecule has 1 heterocycles. The molecule has 1 aromatic heterocycles. The lowest BCUT2D eigenvalue weighted by Gasteiger charge is -2.08. The lowest BCUT2D eigenvalue weighted by Crippen LogP contribution is -2.20. The van der Waals surface area contributed by atoms with E-state index in [1.54, 1.807) is 23.4 Å². The molecular weight excluding hydrogens is 300 g/mol. The normalized spacial score (nSPS) is 11.0. The fraction of sp³-hybridized carbons (Fsp3) is 0.333. The Morgan fingerprint density at radius 2 is 2.24 bits per heavy atom. The van der Waals surface area contributed by atoms with Crippen molar-refractivity contribution in [1.29, 1.82) is 0 Å². The Bertz CT molecular complexity index is 609. The highest BCUT2D eigenvalue weighted by Gasteiger charge is 2.08. The third-order valence-electron chi connectivity index (χ3n) is 2.43. The van der Waals surface area contributed by atoms with Crippen molar-refractivity contribution in [2.75, 3.05) is 5.75 Å². The van der Waals surface area contributed by atoms with E-state index in [1.165, 1.54) is 0 Å². The van der Waals surface area contributed by atoms with E-state index in [2.05, 4.69) is 27.8 Å². The van der Waals surface area contributed by atoms with Gasteiger partial charge in [0.05, 0.1) is 10.9 Å². The molecule has 0 aliphatic carbocycles. The summed E-state index contributed by atoms with van der Waals surface area (Å²) in [5, 5.41) is 1.44. The van der Waals surface area contributed by atoms with E-state index in [1.807, 2.05) is 18.2 Å².